The molecule has 1 N–H and O–H groups in total. The second-order valence-electron chi connectivity index (χ2n) is 7.75. The topological polar surface area (TPSA) is 97.7 Å². The van der Waals surface area contributed by atoms with Crippen molar-refractivity contribution in [3.8, 4) is 0 Å². The number of halogens is 3. The van der Waals surface area contributed by atoms with Gasteiger partial charge in [-0.05, 0) is 43.0 Å². The van der Waals surface area contributed by atoms with Gasteiger partial charge in [0, 0.05) is 43.7 Å². The standard InChI is InChI=1S/C19H24N4O2.C2HF3O2/c1-6-19(14-24-12-16-2-7-20-8-3-16)13-23(10-5-17(19)25-11-1)18-4-9-21-15-22-18;3-2(4,5)1(6)7/h2-4,7-9,15,17H,1,5-6,10-14H2;(H,6,7). The number of pyridine rings is 1. The number of rotatable bonds is 5. The zero-order valence-electron chi connectivity index (χ0n) is 17.4. The Morgan fingerprint density at radius 2 is 1.97 bits per heavy atom. The molecule has 2 unspecified atom stereocenters. The van der Waals surface area contributed by atoms with Crippen molar-refractivity contribution < 1.29 is 32.5 Å². The lowest BCUT2D eigenvalue weighted by molar-refractivity contribution is -0.192. The van der Waals surface area contributed by atoms with Gasteiger partial charge in [-0.1, -0.05) is 0 Å². The molecule has 32 heavy (non-hydrogen) atoms. The highest BCUT2D eigenvalue weighted by atomic mass is 19.4. The SMILES string of the molecule is O=C(O)C(F)(F)F.c1cc(COCC23CCCOC2CCN(c2ccncn2)C3)ccn1. The van der Waals surface area contributed by atoms with Gasteiger partial charge in [-0.15, -0.1) is 0 Å². The van der Waals surface area contributed by atoms with Crippen LogP contribution in [0.5, 0.6) is 0 Å². The summed E-state index contributed by atoms with van der Waals surface area (Å²) >= 11 is 0. The van der Waals surface area contributed by atoms with Gasteiger partial charge in [0.25, 0.3) is 0 Å². The number of piperidine rings is 1. The third kappa shape index (κ3) is 6.36. The molecule has 4 rings (SSSR count). The minimum absolute atomic E-state index is 0.0362. The summed E-state index contributed by atoms with van der Waals surface area (Å²) in [6, 6.07) is 5.98. The fourth-order valence-electron chi connectivity index (χ4n) is 4.02. The molecule has 2 aliphatic rings. The second-order valence-corrected chi connectivity index (χ2v) is 7.75. The molecular formula is C21H25F3N4O4. The van der Waals surface area contributed by atoms with Crippen LogP contribution in [0.1, 0.15) is 24.8 Å². The van der Waals surface area contributed by atoms with E-state index < -0.39 is 12.1 Å². The normalized spacial score (nSPS) is 23.0. The number of alkyl halides is 3. The van der Waals surface area contributed by atoms with Crippen LogP contribution in [-0.2, 0) is 20.9 Å². The lowest BCUT2D eigenvalue weighted by atomic mass is 9.73. The largest absolute Gasteiger partial charge is 0.490 e. The minimum Gasteiger partial charge on any atom is -0.475 e. The fraction of sp³-hybridized carbons (Fsp3) is 0.524. The molecule has 0 bridgehead atoms. The number of aliphatic carboxylic acids is 1. The van der Waals surface area contributed by atoms with E-state index in [9.17, 15) is 13.2 Å². The molecule has 0 spiro atoms. The van der Waals surface area contributed by atoms with E-state index in [4.69, 9.17) is 19.4 Å². The van der Waals surface area contributed by atoms with E-state index in [2.05, 4.69) is 19.9 Å². The van der Waals surface area contributed by atoms with Crippen LogP contribution in [0.25, 0.3) is 0 Å². The predicted molar refractivity (Wildman–Crippen MR) is 108 cm³/mol. The molecule has 2 aromatic heterocycles. The van der Waals surface area contributed by atoms with Crippen LogP contribution in [0.2, 0.25) is 0 Å². The Bertz CT molecular complexity index is 857. The van der Waals surface area contributed by atoms with Crippen molar-refractivity contribution in [2.24, 2.45) is 5.41 Å². The van der Waals surface area contributed by atoms with Crippen LogP contribution < -0.4 is 4.90 Å². The second kappa shape index (κ2) is 10.7. The Kier molecular flexibility index (Phi) is 7.97. The van der Waals surface area contributed by atoms with Crippen LogP contribution in [-0.4, -0.2) is 64.6 Å². The molecule has 0 aliphatic carbocycles. The molecule has 2 aromatic rings. The van der Waals surface area contributed by atoms with Crippen LogP contribution in [0.4, 0.5) is 19.0 Å². The first-order valence-corrected chi connectivity index (χ1v) is 10.2. The Hall–Kier alpha value is -2.79. The molecule has 0 aromatic carbocycles. The summed E-state index contributed by atoms with van der Waals surface area (Å²) in [7, 11) is 0. The molecule has 11 heteroatoms. The lowest BCUT2D eigenvalue weighted by Gasteiger charge is -2.50. The van der Waals surface area contributed by atoms with E-state index in [0.717, 1.165) is 50.3 Å². The molecule has 174 valence electrons. The van der Waals surface area contributed by atoms with Gasteiger partial charge in [-0.2, -0.15) is 13.2 Å². The first-order chi connectivity index (χ1) is 15.3. The predicted octanol–water partition coefficient (Wildman–Crippen LogP) is 3.10. The number of hydrogen-bond acceptors (Lipinski definition) is 7. The highest BCUT2D eigenvalue weighted by molar-refractivity contribution is 5.73. The number of anilines is 1. The van der Waals surface area contributed by atoms with Gasteiger partial charge in [0.1, 0.15) is 12.1 Å². The number of carbonyl (C=O) groups is 1. The van der Waals surface area contributed by atoms with Crippen LogP contribution in [0, 0.1) is 5.41 Å². The van der Waals surface area contributed by atoms with Crippen molar-refractivity contribution in [3.63, 3.8) is 0 Å². The maximum absolute atomic E-state index is 10.6. The van der Waals surface area contributed by atoms with E-state index in [1.165, 1.54) is 0 Å². The Morgan fingerprint density at radius 1 is 1.25 bits per heavy atom. The Morgan fingerprint density at radius 3 is 2.62 bits per heavy atom. The maximum Gasteiger partial charge on any atom is 0.490 e. The summed E-state index contributed by atoms with van der Waals surface area (Å²) in [6.07, 6.45) is 5.47. The highest BCUT2D eigenvalue weighted by Crippen LogP contribution is 2.41. The number of aromatic nitrogens is 3. The summed E-state index contributed by atoms with van der Waals surface area (Å²) in [5.74, 6) is -1.76. The van der Waals surface area contributed by atoms with Gasteiger partial charge < -0.3 is 19.5 Å². The molecule has 0 radical (unpaired) electrons. The van der Waals surface area contributed by atoms with Gasteiger partial charge in [0.15, 0.2) is 0 Å². The molecule has 0 amide bonds. The van der Waals surface area contributed by atoms with Crippen molar-refractivity contribution in [2.45, 2.75) is 38.1 Å². The third-order valence-electron chi connectivity index (χ3n) is 5.53. The summed E-state index contributed by atoms with van der Waals surface area (Å²) in [5, 5.41) is 7.12. The van der Waals surface area contributed by atoms with Gasteiger partial charge >= 0.3 is 12.1 Å². The quantitative estimate of drug-likeness (QED) is 0.736. The van der Waals surface area contributed by atoms with Crippen molar-refractivity contribution in [3.05, 3.63) is 48.7 Å². The van der Waals surface area contributed by atoms with Crippen molar-refractivity contribution >= 4 is 11.8 Å². The molecule has 2 fully saturated rings. The van der Waals surface area contributed by atoms with Crippen molar-refractivity contribution in [1.82, 2.24) is 15.0 Å². The van der Waals surface area contributed by atoms with E-state index in [1.54, 1.807) is 24.9 Å². The smallest absolute Gasteiger partial charge is 0.475 e. The van der Waals surface area contributed by atoms with Crippen LogP contribution >= 0.6 is 0 Å². The third-order valence-corrected chi connectivity index (χ3v) is 5.53. The fourth-order valence-corrected chi connectivity index (χ4v) is 4.02. The van der Waals surface area contributed by atoms with Crippen molar-refractivity contribution in [2.75, 3.05) is 31.2 Å². The van der Waals surface area contributed by atoms with E-state index in [-0.39, 0.29) is 11.5 Å². The zero-order valence-corrected chi connectivity index (χ0v) is 17.4. The monoisotopic (exact) mass is 454 g/mol. The lowest BCUT2D eigenvalue weighted by Crippen LogP contribution is -2.57. The summed E-state index contributed by atoms with van der Waals surface area (Å²) in [4.78, 5) is 23.8. The Balaban J connectivity index is 0.000000360. The number of nitrogens with zero attached hydrogens (tertiary/aromatic N) is 4. The molecule has 4 heterocycles. The summed E-state index contributed by atoms with van der Waals surface area (Å²) in [5.41, 5.74) is 1.19. The molecule has 8 nitrogen and oxygen atoms in total. The first-order valence-electron chi connectivity index (χ1n) is 10.2. The Labute approximate surface area is 183 Å². The minimum atomic E-state index is -5.08. The van der Waals surface area contributed by atoms with Gasteiger partial charge in [-0.3, -0.25) is 4.98 Å². The van der Waals surface area contributed by atoms with Gasteiger partial charge in [0.2, 0.25) is 0 Å². The van der Waals surface area contributed by atoms with Crippen LogP contribution in [0.3, 0.4) is 0 Å². The number of carboxylic acid groups (broad SMARTS) is 1. The number of fused-ring (bicyclic) bond motifs is 1. The molecular weight excluding hydrogens is 429 g/mol. The number of hydrogen-bond donors (Lipinski definition) is 1. The average Bonchev–Trinajstić information content (AvgIpc) is 2.80. The average molecular weight is 454 g/mol. The molecule has 2 aliphatic heterocycles. The van der Waals surface area contributed by atoms with Crippen LogP contribution in [0.15, 0.2) is 43.1 Å². The first kappa shape index (κ1) is 23.9. The number of carboxylic acids is 1. The van der Waals surface area contributed by atoms with Gasteiger partial charge in [-0.25, -0.2) is 14.8 Å². The molecule has 0 saturated carbocycles. The number of ether oxygens (including phenoxy) is 2. The van der Waals surface area contributed by atoms with E-state index in [1.807, 2.05) is 18.2 Å². The maximum atomic E-state index is 10.6. The summed E-state index contributed by atoms with van der Waals surface area (Å²) < 4.78 is 44.0. The van der Waals surface area contributed by atoms with Crippen molar-refractivity contribution in [1.29, 1.82) is 0 Å². The van der Waals surface area contributed by atoms with Gasteiger partial charge in [0.05, 0.1) is 19.3 Å². The highest BCUT2D eigenvalue weighted by Gasteiger charge is 2.46. The molecule has 2 atom stereocenters. The zero-order chi connectivity index (χ0) is 23.0. The molecule has 2 saturated heterocycles. The van der Waals surface area contributed by atoms with E-state index in [0.29, 0.717) is 13.2 Å². The van der Waals surface area contributed by atoms with E-state index >= 15 is 0 Å². The summed E-state index contributed by atoms with van der Waals surface area (Å²) in [6.45, 7) is 4.08.